The minimum atomic E-state index is -0.967. The predicted molar refractivity (Wildman–Crippen MR) is 100.0 cm³/mol. The fraction of sp³-hybridized carbons (Fsp3) is 0.667. The Morgan fingerprint density at radius 3 is 1.40 bits per heavy atom. The van der Waals surface area contributed by atoms with Crippen molar-refractivity contribution in [2.75, 3.05) is 0 Å². The van der Waals surface area contributed by atoms with Crippen molar-refractivity contribution in [2.24, 2.45) is 0 Å². The second kappa shape index (κ2) is 15.8. The van der Waals surface area contributed by atoms with Crippen LogP contribution < -0.4 is 0 Å². The van der Waals surface area contributed by atoms with Gasteiger partial charge in [0.1, 0.15) is 0 Å². The molecule has 0 heterocycles. The summed E-state index contributed by atoms with van der Waals surface area (Å²) in [6.07, 6.45) is 8.87. The van der Waals surface area contributed by atoms with E-state index in [9.17, 15) is 0 Å². The fourth-order valence-electron chi connectivity index (χ4n) is 2.34. The first-order valence-corrected chi connectivity index (χ1v) is 15.9. The summed E-state index contributed by atoms with van der Waals surface area (Å²) in [5.41, 5.74) is 0. The Bertz CT molecular complexity index is 268. The number of hydrogen-bond acceptors (Lipinski definition) is 1. The summed E-state index contributed by atoms with van der Waals surface area (Å²) < 4.78 is 5.08. The number of thiol groups is 1. The van der Waals surface area contributed by atoms with Crippen molar-refractivity contribution in [1.29, 1.82) is 0 Å². The molecule has 0 saturated heterocycles. The van der Waals surface area contributed by atoms with Gasteiger partial charge < -0.3 is 0 Å². The summed E-state index contributed by atoms with van der Waals surface area (Å²) in [5.74, 6) is 0. The van der Waals surface area contributed by atoms with Crippen molar-refractivity contribution in [2.45, 2.75) is 77.5 Å². The van der Waals surface area contributed by atoms with E-state index >= 15 is 0 Å². The Hall–Kier alpha value is 0.369. The maximum absolute atomic E-state index is 4.08. The van der Waals surface area contributed by atoms with Crippen molar-refractivity contribution in [3.63, 3.8) is 0 Å². The van der Waals surface area contributed by atoms with Crippen LogP contribution in [0.2, 0.25) is 13.3 Å². The average Bonchev–Trinajstić information content (AvgIpc) is 2.48. The van der Waals surface area contributed by atoms with Gasteiger partial charge in [0.05, 0.1) is 0 Å². The molecule has 1 aromatic carbocycles. The van der Waals surface area contributed by atoms with Crippen LogP contribution >= 0.6 is 12.6 Å². The van der Waals surface area contributed by atoms with Gasteiger partial charge in [0.2, 0.25) is 0 Å². The fourth-order valence-corrected chi connectivity index (χ4v) is 13.4. The van der Waals surface area contributed by atoms with Gasteiger partial charge in [-0.25, -0.2) is 0 Å². The number of hydrogen-bond donors (Lipinski definition) is 1. The zero-order chi connectivity index (χ0) is 15.1. The van der Waals surface area contributed by atoms with E-state index in [1.54, 1.807) is 13.3 Å². The molecule has 2 heteroatoms. The van der Waals surface area contributed by atoms with Gasteiger partial charge in [0.25, 0.3) is 0 Å². The van der Waals surface area contributed by atoms with E-state index in [0.29, 0.717) is 0 Å². The smallest absolute Gasteiger partial charge is 0.00399 e. The summed E-state index contributed by atoms with van der Waals surface area (Å²) in [6, 6.07) is 9.79. The third-order valence-electron chi connectivity index (χ3n) is 3.65. The van der Waals surface area contributed by atoms with E-state index in [1.807, 2.05) is 30.3 Å². The molecule has 0 aliphatic rings. The molecule has 20 heavy (non-hydrogen) atoms. The Kier molecular flexibility index (Phi) is 16.0. The van der Waals surface area contributed by atoms with Gasteiger partial charge in [-0.1, -0.05) is 18.2 Å². The van der Waals surface area contributed by atoms with E-state index in [0.717, 1.165) is 4.90 Å². The van der Waals surface area contributed by atoms with Crippen LogP contribution in [0.5, 0.6) is 0 Å². The molecule has 0 radical (unpaired) electrons. The Labute approximate surface area is 139 Å². The monoisotopic (exact) mass is 402 g/mol. The molecule has 0 atom stereocenters. The standard InChI is InChI=1S/C6H6S.3C4H9.Sn.H/c7-6-4-2-1-3-5-6;3*1-3-4-2;;/h1-5,7H;3*1,3-4H2,2H3;;. The number of rotatable bonds is 9. The predicted octanol–water partition coefficient (Wildman–Crippen LogP) is 6.59. The van der Waals surface area contributed by atoms with Crippen molar-refractivity contribution >= 4 is 32.4 Å². The van der Waals surface area contributed by atoms with Gasteiger partial charge in [-0.3, -0.25) is 0 Å². The second-order valence-electron chi connectivity index (χ2n) is 5.63. The quantitative estimate of drug-likeness (QED) is 0.350. The van der Waals surface area contributed by atoms with Gasteiger partial charge in [0.15, 0.2) is 0 Å². The molecule has 0 nitrogen and oxygen atoms in total. The van der Waals surface area contributed by atoms with Crippen molar-refractivity contribution in [3.8, 4) is 0 Å². The van der Waals surface area contributed by atoms with E-state index in [2.05, 4.69) is 33.4 Å². The normalized spacial score (nSPS) is 10.2. The van der Waals surface area contributed by atoms with Crippen LogP contribution in [0.4, 0.5) is 0 Å². The molecule has 116 valence electrons. The van der Waals surface area contributed by atoms with Crippen molar-refractivity contribution < 1.29 is 0 Å². The first kappa shape index (κ1) is 20.4. The largest absolute Gasteiger partial charge is 0.143 e. The van der Waals surface area contributed by atoms with Crippen LogP contribution in [-0.2, 0) is 0 Å². The Morgan fingerprint density at radius 1 is 0.750 bits per heavy atom. The molecule has 0 amide bonds. The molecule has 0 aromatic heterocycles. The van der Waals surface area contributed by atoms with Crippen LogP contribution in [0.1, 0.15) is 59.3 Å². The molecular weight excluding hydrogens is 367 g/mol. The van der Waals surface area contributed by atoms with Gasteiger partial charge in [-0.2, -0.15) is 0 Å². The zero-order valence-electron chi connectivity index (χ0n) is 13.8. The topological polar surface area (TPSA) is 0 Å². The van der Waals surface area contributed by atoms with Gasteiger partial charge in [-0.05, 0) is 12.1 Å². The summed E-state index contributed by atoms with van der Waals surface area (Å²) in [6.45, 7) is 7.01. The van der Waals surface area contributed by atoms with Gasteiger partial charge >= 0.3 is 92.4 Å². The van der Waals surface area contributed by atoms with Gasteiger partial charge in [-0.15, -0.1) is 12.6 Å². The van der Waals surface area contributed by atoms with Crippen molar-refractivity contribution in [1.82, 2.24) is 0 Å². The third-order valence-corrected chi connectivity index (χ3v) is 14.4. The first-order chi connectivity index (χ1) is 9.74. The van der Waals surface area contributed by atoms with Crippen LogP contribution in [0.25, 0.3) is 0 Å². The molecule has 0 unspecified atom stereocenters. The van der Waals surface area contributed by atoms with E-state index < -0.39 is 19.8 Å². The maximum atomic E-state index is 4.08. The second-order valence-corrected chi connectivity index (χ2v) is 16.0. The molecule has 1 rings (SSSR count). The number of benzene rings is 1. The summed E-state index contributed by atoms with van der Waals surface area (Å²) >= 11 is 3.12. The minimum Gasteiger partial charge on any atom is -0.143 e. The molecule has 0 bridgehead atoms. The van der Waals surface area contributed by atoms with E-state index in [1.165, 1.54) is 38.5 Å². The molecule has 0 aliphatic carbocycles. The molecular formula is C18H34SSn. The first-order valence-electron chi connectivity index (χ1n) is 8.48. The Morgan fingerprint density at radius 2 is 1.15 bits per heavy atom. The summed E-state index contributed by atoms with van der Waals surface area (Å²) in [7, 11) is 0. The molecule has 0 fully saturated rings. The third kappa shape index (κ3) is 13.4. The zero-order valence-corrected chi connectivity index (χ0v) is 18.0. The minimum absolute atomic E-state index is 0.967. The van der Waals surface area contributed by atoms with E-state index in [4.69, 9.17) is 0 Å². The summed E-state index contributed by atoms with van der Waals surface area (Å²) in [4.78, 5) is 1.02. The molecule has 0 aliphatic heterocycles. The maximum Gasteiger partial charge on any atom is 0.00399 e. The van der Waals surface area contributed by atoms with Crippen LogP contribution in [-0.4, -0.2) is 19.8 Å². The molecule has 0 saturated carbocycles. The molecule has 1 aromatic rings. The SMILES string of the molecule is CCC[CH2][SnH]([CH2]CCC)[CH2]CCC.Sc1ccccc1. The van der Waals surface area contributed by atoms with Gasteiger partial charge in [0, 0.05) is 4.90 Å². The molecule has 0 N–H and O–H groups in total. The van der Waals surface area contributed by atoms with Crippen LogP contribution in [0.3, 0.4) is 0 Å². The Balaban J connectivity index is 0.000000428. The van der Waals surface area contributed by atoms with Crippen LogP contribution in [0.15, 0.2) is 35.2 Å². The van der Waals surface area contributed by atoms with Crippen LogP contribution in [0, 0.1) is 0 Å². The van der Waals surface area contributed by atoms with E-state index in [-0.39, 0.29) is 0 Å². The average molecular weight is 401 g/mol. The summed E-state index contributed by atoms with van der Waals surface area (Å²) in [5, 5.41) is 0. The molecule has 0 spiro atoms. The van der Waals surface area contributed by atoms with Crippen molar-refractivity contribution in [3.05, 3.63) is 30.3 Å². The number of unbranched alkanes of at least 4 members (excludes halogenated alkanes) is 3.